The van der Waals surface area contributed by atoms with Gasteiger partial charge in [0.05, 0.1) is 5.27 Å². The van der Waals surface area contributed by atoms with Crippen molar-refractivity contribution < 1.29 is 33.7 Å². The van der Waals surface area contributed by atoms with E-state index in [1.165, 1.54) is 0 Å². The first kappa shape index (κ1) is 17.4. The number of benzene rings is 1. The van der Waals surface area contributed by atoms with Crippen molar-refractivity contribution in [2.75, 3.05) is 6.61 Å². The quantitative estimate of drug-likeness (QED) is 0.526. The Kier molecular flexibility index (Phi) is 5.84. The molecule has 0 radical (unpaired) electrons. The van der Waals surface area contributed by atoms with E-state index in [1.807, 2.05) is 0 Å². The molecule has 118 valence electrons. The summed E-state index contributed by atoms with van der Waals surface area (Å²) in [6, 6.07) is 6.91. The predicted octanol–water partition coefficient (Wildman–Crippen LogP) is -0.985. The van der Waals surface area contributed by atoms with Gasteiger partial charge >= 0.3 is 17.6 Å². The minimum absolute atomic E-state index is 0. The molecule has 0 fully saturated rings. The monoisotopic (exact) mass is 329 g/mol. The van der Waals surface area contributed by atoms with Gasteiger partial charge in [0.1, 0.15) is 12.6 Å². The summed E-state index contributed by atoms with van der Waals surface area (Å²) in [7, 11) is 0. The van der Waals surface area contributed by atoms with Gasteiger partial charge in [-0.2, -0.15) is 0 Å². The lowest BCUT2D eigenvalue weighted by Gasteiger charge is -2.06. The number of aliphatic carboxylic acids is 1. The number of esters is 1. The summed E-state index contributed by atoms with van der Waals surface area (Å²) < 4.78 is 10.1. The standard InChI is InChI=1S/C12H11N3O6.ClH/c13-8(10(16)17)6-20-11(18)9-12(19)21-14-15(9)7-4-2-1-3-5-7;/h1-5,8H,6,13H2,(H-,14,16,17,18,19);1H/t8-;/m0./s1. The SMILES string of the molecule is Cl.N[C@@H](COC(=O)c1c([O-])on[n+]1-c1ccccc1)C(=O)O. The maximum atomic E-state index is 11.9. The van der Waals surface area contributed by atoms with Crippen molar-refractivity contribution in [2.24, 2.45) is 5.73 Å². The topological polar surface area (TPSA) is 143 Å². The van der Waals surface area contributed by atoms with Crippen LogP contribution in [0.15, 0.2) is 34.9 Å². The number of rotatable bonds is 5. The van der Waals surface area contributed by atoms with E-state index in [0.717, 1.165) is 4.68 Å². The summed E-state index contributed by atoms with van der Waals surface area (Å²) in [6.45, 7) is -0.576. The van der Waals surface area contributed by atoms with Crippen molar-refractivity contribution in [1.29, 1.82) is 0 Å². The van der Waals surface area contributed by atoms with Gasteiger partial charge in [0.25, 0.3) is 0 Å². The number of hydrogen-bond acceptors (Lipinski definition) is 7. The highest BCUT2D eigenvalue weighted by Crippen LogP contribution is 2.11. The fourth-order valence-electron chi connectivity index (χ4n) is 1.47. The van der Waals surface area contributed by atoms with Gasteiger partial charge in [0.2, 0.25) is 5.69 Å². The number of carbonyl (C=O) groups is 2. The number of carbonyl (C=O) groups excluding carboxylic acids is 1. The zero-order chi connectivity index (χ0) is 15.4. The smallest absolute Gasteiger partial charge is 0.408 e. The van der Waals surface area contributed by atoms with Crippen LogP contribution >= 0.6 is 12.4 Å². The Balaban J connectivity index is 0.00000242. The predicted molar refractivity (Wildman–Crippen MR) is 70.6 cm³/mol. The Morgan fingerprint density at radius 3 is 2.64 bits per heavy atom. The number of aromatic nitrogens is 2. The first-order valence-electron chi connectivity index (χ1n) is 5.80. The van der Waals surface area contributed by atoms with Gasteiger partial charge in [-0.25, -0.2) is 4.79 Å². The Hall–Kier alpha value is -2.65. The zero-order valence-electron chi connectivity index (χ0n) is 11.0. The first-order chi connectivity index (χ1) is 10.0. The van der Waals surface area contributed by atoms with Crippen LogP contribution in [0.25, 0.3) is 5.69 Å². The molecule has 2 aromatic rings. The van der Waals surface area contributed by atoms with Crippen LogP contribution in [0.3, 0.4) is 0 Å². The van der Waals surface area contributed by atoms with Crippen LogP contribution in [0.5, 0.6) is 5.95 Å². The lowest BCUT2D eigenvalue weighted by Crippen LogP contribution is -2.41. The fourth-order valence-corrected chi connectivity index (χ4v) is 1.47. The molecule has 0 unspecified atom stereocenters. The van der Waals surface area contributed by atoms with E-state index in [2.05, 4.69) is 14.5 Å². The summed E-state index contributed by atoms with van der Waals surface area (Å²) >= 11 is 0. The van der Waals surface area contributed by atoms with E-state index >= 15 is 0 Å². The fraction of sp³-hybridized carbons (Fsp3) is 0.167. The lowest BCUT2D eigenvalue weighted by molar-refractivity contribution is -0.672. The molecule has 0 aliphatic heterocycles. The minimum Gasteiger partial charge on any atom is -0.538 e. The molecule has 2 rings (SSSR count). The number of para-hydroxylation sites is 1. The highest BCUT2D eigenvalue weighted by molar-refractivity contribution is 5.88. The molecule has 22 heavy (non-hydrogen) atoms. The van der Waals surface area contributed by atoms with Crippen molar-refractivity contribution in [1.82, 2.24) is 5.27 Å². The van der Waals surface area contributed by atoms with Crippen LogP contribution in [0.1, 0.15) is 10.5 Å². The number of carboxylic acid groups (broad SMARTS) is 1. The van der Waals surface area contributed by atoms with Gasteiger partial charge in [0.15, 0.2) is 5.95 Å². The van der Waals surface area contributed by atoms with Crippen molar-refractivity contribution >= 4 is 24.3 Å². The van der Waals surface area contributed by atoms with E-state index in [0.29, 0.717) is 5.69 Å². The molecule has 1 heterocycles. The average molecular weight is 330 g/mol. The first-order valence-corrected chi connectivity index (χ1v) is 5.80. The minimum atomic E-state index is -1.38. The van der Waals surface area contributed by atoms with E-state index in [-0.39, 0.29) is 12.4 Å². The summed E-state index contributed by atoms with van der Waals surface area (Å²) in [5, 5.41) is 23.6. The van der Waals surface area contributed by atoms with Gasteiger partial charge in [-0.15, -0.1) is 12.4 Å². The molecular formula is C12H12ClN3O6. The van der Waals surface area contributed by atoms with Crippen LogP contribution in [-0.2, 0) is 9.53 Å². The van der Waals surface area contributed by atoms with Gasteiger partial charge in [-0.3, -0.25) is 4.79 Å². The molecule has 0 aliphatic rings. The van der Waals surface area contributed by atoms with Crippen molar-refractivity contribution in [3.63, 3.8) is 0 Å². The van der Waals surface area contributed by atoms with Gasteiger partial charge < -0.3 is 25.2 Å². The van der Waals surface area contributed by atoms with E-state index in [4.69, 9.17) is 10.8 Å². The number of nitrogens with zero attached hydrogens (tertiary/aromatic N) is 2. The summed E-state index contributed by atoms with van der Waals surface area (Å²) in [4.78, 5) is 22.4. The number of halogens is 1. The second kappa shape index (κ2) is 7.38. The van der Waals surface area contributed by atoms with Gasteiger partial charge in [0, 0.05) is 12.1 Å². The Morgan fingerprint density at radius 2 is 2.05 bits per heavy atom. The molecule has 0 saturated carbocycles. The molecule has 0 spiro atoms. The van der Waals surface area contributed by atoms with Crippen LogP contribution < -0.4 is 15.5 Å². The van der Waals surface area contributed by atoms with Crippen LogP contribution in [-0.4, -0.2) is 35.0 Å². The zero-order valence-corrected chi connectivity index (χ0v) is 11.9. The van der Waals surface area contributed by atoms with Gasteiger partial charge in [-0.1, -0.05) is 18.2 Å². The summed E-state index contributed by atoms with van der Waals surface area (Å²) in [6.07, 6.45) is 0. The molecule has 1 atom stereocenters. The van der Waals surface area contributed by atoms with Crippen LogP contribution in [0.2, 0.25) is 0 Å². The van der Waals surface area contributed by atoms with E-state index in [9.17, 15) is 14.7 Å². The largest absolute Gasteiger partial charge is 0.538 e. The molecule has 0 amide bonds. The molecule has 10 heteroatoms. The third-order valence-electron chi connectivity index (χ3n) is 2.52. The molecule has 0 aliphatic carbocycles. The number of hydrogen-bond donors (Lipinski definition) is 2. The molecule has 0 saturated heterocycles. The molecule has 9 nitrogen and oxygen atoms in total. The number of ether oxygens (including phenoxy) is 1. The Morgan fingerprint density at radius 1 is 1.41 bits per heavy atom. The van der Waals surface area contributed by atoms with Crippen molar-refractivity contribution in [2.45, 2.75) is 6.04 Å². The number of carboxylic acids is 1. The highest BCUT2D eigenvalue weighted by Gasteiger charge is 2.30. The van der Waals surface area contributed by atoms with Crippen molar-refractivity contribution in [3.8, 4) is 11.6 Å². The van der Waals surface area contributed by atoms with Crippen molar-refractivity contribution in [3.05, 3.63) is 36.0 Å². The van der Waals surface area contributed by atoms with Gasteiger partial charge in [-0.05, 0) is 4.68 Å². The van der Waals surface area contributed by atoms with E-state index in [1.54, 1.807) is 30.3 Å². The Labute approximate surface area is 130 Å². The molecular weight excluding hydrogens is 318 g/mol. The lowest BCUT2D eigenvalue weighted by atomic mass is 10.3. The maximum absolute atomic E-state index is 11.9. The van der Waals surface area contributed by atoms with Crippen LogP contribution in [0, 0.1) is 0 Å². The number of nitrogens with two attached hydrogens (primary N) is 1. The normalized spacial score (nSPS) is 11.3. The molecule has 1 aromatic carbocycles. The maximum Gasteiger partial charge on any atom is 0.408 e. The van der Waals surface area contributed by atoms with Crippen LogP contribution in [0.4, 0.5) is 0 Å². The average Bonchev–Trinajstić information content (AvgIpc) is 2.87. The second-order valence-electron chi connectivity index (χ2n) is 4.00. The highest BCUT2D eigenvalue weighted by atomic mass is 35.5. The Bertz CT molecular complexity index is 660. The molecule has 1 aromatic heterocycles. The third-order valence-corrected chi connectivity index (χ3v) is 2.52. The van der Waals surface area contributed by atoms with E-state index < -0.39 is 36.2 Å². The molecule has 3 N–H and O–H groups in total. The second-order valence-corrected chi connectivity index (χ2v) is 4.00. The third kappa shape index (κ3) is 3.71. The molecule has 0 bridgehead atoms. The summed E-state index contributed by atoms with van der Waals surface area (Å²) in [5.74, 6) is -3.39. The summed E-state index contributed by atoms with van der Waals surface area (Å²) in [5.41, 5.74) is 5.15.